The van der Waals surface area contributed by atoms with Crippen molar-refractivity contribution in [3.05, 3.63) is 42.7 Å². The van der Waals surface area contributed by atoms with E-state index in [-0.39, 0.29) is 5.75 Å². The number of ether oxygens (including phenoxy) is 1. The molecule has 0 radical (unpaired) electrons. The minimum Gasteiger partial charge on any atom is -0.406 e. The summed E-state index contributed by atoms with van der Waals surface area (Å²) in [7, 11) is 0. The van der Waals surface area contributed by atoms with Crippen molar-refractivity contribution in [3.8, 4) is 17.1 Å². The Bertz CT molecular complexity index is 737. The molecule has 1 N–H and O–H groups in total. The Kier molecular flexibility index (Phi) is 2.81. The van der Waals surface area contributed by atoms with Gasteiger partial charge < -0.3 is 9.72 Å². The fourth-order valence-corrected chi connectivity index (χ4v) is 1.83. The lowest BCUT2D eigenvalue weighted by Crippen LogP contribution is -2.16. The smallest absolute Gasteiger partial charge is 0.406 e. The van der Waals surface area contributed by atoms with E-state index in [1.54, 1.807) is 24.5 Å². The first-order chi connectivity index (χ1) is 9.51. The van der Waals surface area contributed by atoms with Crippen LogP contribution in [0.1, 0.15) is 0 Å². The van der Waals surface area contributed by atoms with Gasteiger partial charge in [-0.1, -0.05) is 0 Å². The normalized spacial score (nSPS) is 11.8. The highest BCUT2D eigenvalue weighted by Crippen LogP contribution is 2.27. The summed E-state index contributed by atoms with van der Waals surface area (Å²) in [5, 5.41) is 0. The molecule has 0 amide bonds. The van der Waals surface area contributed by atoms with Gasteiger partial charge >= 0.3 is 6.36 Å². The molecule has 2 heterocycles. The minimum atomic E-state index is -4.71. The maximum absolute atomic E-state index is 12.2. The van der Waals surface area contributed by atoms with Gasteiger partial charge in [0.2, 0.25) is 0 Å². The molecule has 0 saturated carbocycles. The monoisotopic (exact) mass is 279 g/mol. The van der Waals surface area contributed by atoms with Crippen molar-refractivity contribution in [1.29, 1.82) is 0 Å². The molecule has 1 aromatic carbocycles. The molecule has 0 aliphatic carbocycles. The number of pyridine rings is 1. The maximum Gasteiger partial charge on any atom is 0.573 e. The number of hydrogen-bond donors (Lipinski definition) is 1. The predicted octanol–water partition coefficient (Wildman–Crippen LogP) is 3.52. The molecule has 3 rings (SSSR count). The molecular formula is C13H8F3N3O. The first-order valence-electron chi connectivity index (χ1n) is 5.67. The van der Waals surface area contributed by atoms with Crippen molar-refractivity contribution in [2.75, 3.05) is 0 Å². The van der Waals surface area contributed by atoms with Gasteiger partial charge in [0.15, 0.2) is 0 Å². The zero-order valence-electron chi connectivity index (χ0n) is 9.98. The van der Waals surface area contributed by atoms with Crippen LogP contribution in [0.5, 0.6) is 5.75 Å². The SMILES string of the molecule is FC(F)(F)Oc1ccc2nc(-c3cccnc3)[nH]c2c1. The third-order valence-corrected chi connectivity index (χ3v) is 2.62. The standard InChI is InChI=1S/C13H8F3N3O/c14-13(15,16)20-9-3-4-10-11(6-9)19-12(18-10)8-2-1-5-17-7-8/h1-7H,(H,18,19). The lowest BCUT2D eigenvalue weighted by molar-refractivity contribution is -0.274. The van der Waals surface area contributed by atoms with E-state index in [2.05, 4.69) is 19.7 Å². The number of aromatic nitrogens is 3. The van der Waals surface area contributed by atoms with Crippen molar-refractivity contribution >= 4 is 11.0 Å². The summed E-state index contributed by atoms with van der Waals surface area (Å²) in [6.45, 7) is 0. The first kappa shape index (κ1) is 12.5. The van der Waals surface area contributed by atoms with Crippen molar-refractivity contribution in [3.63, 3.8) is 0 Å². The molecule has 20 heavy (non-hydrogen) atoms. The van der Waals surface area contributed by atoms with E-state index in [1.807, 2.05) is 0 Å². The van der Waals surface area contributed by atoms with Crippen LogP contribution in [0.3, 0.4) is 0 Å². The van der Waals surface area contributed by atoms with Gasteiger partial charge in [-0.25, -0.2) is 4.98 Å². The van der Waals surface area contributed by atoms with E-state index in [9.17, 15) is 13.2 Å². The first-order valence-corrected chi connectivity index (χ1v) is 5.67. The Morgan fingerprint density at radius 3 is 2.70 bits per heavy atom. The van der Waals surface area contributed by atoms with Crippen LogP contribution < -0.4 is 4.74 Å². The van der Waals surface area contributed by atoms with E-state index in [1.165, 1.54) is 18.2 Å². The number of nitrogens with one attached hydrogen (secondary N) is 1. The Morgan fingerprint density at radius 2 is 2.00 bits per heavy atom. The van der Waals surface area contributed by atoms with Gasteiger partial charge in [-0.3, -0.25) is 4.98 Å². The van der Waals surface area contributed by atoms with E-state index in [0.717, 1.165) is 5.56 Å². The topological polar surface area (TPSA) is 50.8 Å². The van der Waals surface area contributed by atoms with Crippen LogP contribution in [-0.2, 0) is 0 Å². The Labute approximate surface area is 111 Å². The third-order valence-electron chi connectivity index (χ3n) is 2.62. The van der Waals surface area contributed by atoms with Gasteiger partial charge in [0, 0.05) is 24.0 Å². The van der Waals surface area contributed by atoms with Gasteiger partial charge in [-0.2, -0.15) is 0 Å². The van der Waals surface area contributed by atoms with Gasteiger partial charge in [-0.15, -0.1) is 13.2 Å². The number of rotatable bonds is 2. The summed E-state index contributed by atoms with van der Waals surface area (Å²) in [4.78, 5) is 11.2. The van der Waals surface area contributed by atoms with Crippen molar-refractivity contribution in [2.45, 2.75) is 6.36 Å². The second kappa shape index (κ2) is 4.52. The Hall–Kier alpha value is -2.57. The number of nitrogens with zero attached hydrogens (tertiary/aromatic N) is 2. The second-order valence-electron chi connectivity index (χ2n) is 4.05. The maximum atomic E-state index is 12.2. The van der Waals surface area contributed by atoms with Gasteiger partial charge in [0.05, 0.1) is 11.0 Å². The molecule has 0 atom stereocenters. The van der Waals surface area contributed by atoms with Crippen LogP contribution in [0.15, 0.2) is 42.7 Å². The molecule has 0 aliphatic heterocycles. The molecule has 0 aliphatic rings. The molecule has 102 valence electrons. The Morgan fingerprint density at radius 1 is 1.15 bits per heavy atom. The minimum absolute atomic E-state index is 0.286. The number of imidazole rings is 1. The van der Waals surface area contributed by atoms with E-state index in [4.69, 9.17) is 0 Å². The number of alkyl halides is 3. The van der Waals surface area contributed by atoms with Gasteiger partial charge in [0.1, 0.15) is 11.6 Å². The lowest BCUT2D eigenvalue weighted by atomic mass is 10.3. The average molecular weight is 279 g/mol. The van der Waals surface area contributed by atoms with Crippen LogP contribution in [0.2, 0.25) is 0 Å². The van der Waals surface area contributed by atoms with Crippen LogP contribution >= 0.6 is 0 Å². The average Bonchev–Trinajstić information content (AvgIpc) is 2.81. The van der Waals surface area contributed by atoms with Gasteiger partial charge in [0.25, 0.3) is 0 Å². The number of hydrogen-bond acceptors (Lipinski definition) is 3. The third kappa shape index (κ3) is 2.56. The number of benzene rings is 1. The van der Waals surface area contributed by atoms with Crippen molar-refractivity contribution in [2.24, 2.45) is 0 Å². The van der Waals surface area contributed by atoms with E-state index in [0.29, 0.717) is 16.9 Å². The molecule has 0 bridgehead atoms. The predicted molar refractivity (Wildman–Crippen MR) is 66.0 cm³/mol. The summed E-state index contributed by atoms with van der Waals surface area (Å²) in [5.74, 6) is 0.253. The molecule has 3 aromatic rings. The number of H-pyrrole nitrogens is 1. The summed E-state index contributed by atoms with van der Waals surface area (Å²) in [5.41, 5.74) is 1.77. The van der Waals surface area contributed by atoms with E-state index < -0.39 is 6.36 Å². The van der Waals surface area contributed by atoms with Crippen LogP contribution in [0.4, 0.5) is 13.2 Å². The lowest BCUT2D eigenvalue weighted by Gasteiger charge is -2.07. The summed E-state index contributed by atoms with van der Waals surface area (Å²) in [6.07, 6.45) is -1.47. The molecule has 2 aromatic heterocycles. The van der Waals surface area contributed by atoms with Crippen LogP contribution in [0.25, 0.3) is 22.4 Å². The zero-order chi connectivity index (χ0) is 14.2. The van der Waals surface area contributed by atoms with Gasteiger partial charge in [-0.05, 0) is 24.3 Å². The van der Waals surface area contributed by atoms with Crippen LogP contribution in [-0.4, -0.2) is 21.3 Å². The summed E-state index contributed by atoms with van der Waals surface area (Å²) >= 11 is 0. The van der Waals surface area contributed by atoms with Crippen molar-refractivity contribution < 1.29 is 17.9 Å². The highest BCUT2D eigenvalue weighted by Gasteiger charge is 2.31. The second-order valence-corrected chi connectivity index (χ2v) is 4.05. The number of halogens is 3. The highest BCUT2D eigenvalue weighted by atomic mass is 19.4. The summed E-state index contributed by atoms with van der Waals surface area (Å²) in [6, 6.07) is 7.50. The molecule has 0 fully saturated rings. The molecule has 7 heteroatoms. The fourth-order valence-electron chi connectivity index (χ4n) is 1.83. The molecule has 4 nitrogen and oxygen atoms in total. The number of fused-ring (bicyclic) bond motifs is 1. The fraction of sp³-hybridized carbons (Fsp3) is 0.0769. The highest BCUT2D eigenvalue weighted by molar-refractivity contribution is 5.80. The zero-order valence-corrected chi connectivity index (χ0v) is 9.98. The molecular weight excluding hydrogens is 271 g/mol. The molecule has 0 spiro atoms. The van der Waals surface area contributed by atoms with Crippen LogP contribution in [0, 0.1) is 0 Å². The van der Waals surface area contributed by atoms with E-state index >= 15 is 0 Å². The molecule has 0 saturated heterocycles. The van der Waals surface area contributed by atoms with Crippen molar-refractivity contribution in [1.82, 2.24) is 15.0 Å². The largest absolute Gasteiger partial charge is 0.573 e. The quantitative estimate of drug-likeness (QED) is 0.780. The Balaban J connectivity index is 2.00. The number of aromatic amines is 1. The summed E-state index contributed by atoms with van der Waals surface area (Å²) < 4.78 is 40.3. The molecule has 0 unspecified atom stereocenters.